The summed E-state index contributed by atoms with van der Waals surface area (Å²) >= 11 is 0. The van der Waals surface area contributed by atoms with Gasteiger partial charge in [-0.25, -0.2) is 17.9 Å². The second-order valence-electron chi connectivity index (χ2n) is 4.64. The second kappa shape index (κ2) is 5.34. The zero-order chi connectivity index (χ0) is 15.8. The highest BCUT2D eigenvalue weighted by Gasteiger charge is 2.26. The van der Waals surface area contributed by atoms with Crippen molar-refractivity contribution in [1.29, 1.82) is 0 Å². The van der Waals surface area contributed by atoms with Crippen molar-refractivity contribution in [3.63, 3.8) is 0 Å². The van der Waals surface area contributed by atoms with E-state index in [1.165, 1.54) is 13.8 Å². The van der Waals surface area contributed by atoms with Gasteiger partial charge in [0.25, 0.3) is 0 Å². The first-order valence-corrected chi connectivity index (χ1v) is 7.55. The van der Waals surface area contributed by atoms with Gasteiger partial charge in [-0.1, -0.05) is 5.16 Å². The van der Waals surface area contributed by atoms with E-state index in [1.54, 1.807) is 13.0 Å². The molecule has 0 saturated heterocycles. The van der Waals surface area contributed by atoms with Crippen molar-refractivity contribution in [2.45, 2.75) is 32.2 Å². The number of nitrogens with zero attached hydrogens (tertiary/aromatic N) is 1. The summed E-state index contributed by atoms with van der Waals surface area (Å²) in [5.41, 5.74) is 0.753. The Kier molecular flexibility index (Phi) is 3.88. The van der Waals surface area contributed by atoms with Gasteiger partial charge in [0.05, 0.1) is 12.2 Å². The Labute approximate surface area is 121 Å². The van der Waals surface area contributed by atoms with Crippen molar-refractivity contribution in [1.82, 2.24) is 14.9 Å². The van der Waals surface area contributed by atoms with E-state index in [0.717, 1.165) is 0 Å². The van der Waals surface area contributed by atoms with Gasteiger partial charge in [-0.2, -0.15) is 0 Å². The molecule has 0 bridgehead atoms. The maximum absolute atomic E-state index is 12.3. The van der Waals surface area contributed by atoms with Crippen molar-refractivity contribution in [2.24, 2.45) is 0 Å². The van der Waals surface area contributed by atoms with Gasteiger partial charge in [-0.15, -0.1) is 0 Å². The third kappa shape index (κ3) is 2.98. The number of nitrogens with one attached hydrogen (secondary N) is 2. The van der Waals surface area contributed by atoms with E-state index in [0.29, 0.717) is 11.5 Å². The van der Waals surface area contributed by atoms with Gasteiger partial charge in [0, 0.05) is 17.3 Å². The van der Waals surface area contributed by atoms with Crippen molar-refractivity contribution in [3.05, 3.63) is 34.5 Å². The van der Waals surface area contributed by atoms with E-state index >= 15 is 0 Å². The zero-order valence-electron chi connectivity index (χ0n) is 11.7. The lowest BCUT2D eigenvalue weighted by Gasteiger charge is -2.06. The summed E-state index contributed by atoms with van der Waals surface area (Å²) in [5, 5.41) is 12.7. The quantitative estimate of drug-likeness (QED) is 0.759. The van der Waals surface area contributed by atoms with Crippen LogP contribution in [-0.2, 0) is 16.6 Å². The molecule has 0 aliphatic rings. The highest BCUT2D eigenvalue weighted by Crippen LogP contribution is 2.23. The molecule has 0 radical (unpaired) electrons. The van der Waals surface area contributed by atoms with Gasteiger partial charge in [0.15, 0.2) is 0 Å². The van der Waals surface area contributed by atoms with Crippen LogP contribution >= 0.6 is 0 Å². The van der Waals surface area contributed by atoms with Crippen LogP contribution in [0.5, 0.6) is 0 Å². The normalized spacial score (nSPS) is 11.8. The molecule has 9 heteroatoms. The van der Waals surface area contributed by atoms with Crippen molar-refractivity contribution < 1.29 is 22.8 Å². The second-order valence-corrected chi connectivity index (χ2v) is 6.34. The lowest BCUT2D eigenvalue weighted by molar-refractivity contribution is 0.0690. The standard InChI is InChI=1S/C12H15N3O5S/c1-6-4-9(15-20-6)5-13-21(18,19)11-7(2)10(12(16)17)14-8(11)3/h4,13-14H,5H2,1-3H3,(H,16,17). The summed E-state index contributed by atoms with van der Waals surface area (Å²) in [7, 11) is -3.85. The Hall–Kier alpha value is -2.13. The van der Waals surface area contributed by atoms with Crippen molar-refractivity contribution in [3.8, 4) is 0 Å². The number of aromatic amines is 1. The number of aryl methyl sites for hydroxylation is 2. The molecule has 0 atom stereocenters. The number of carboxylic acid groups (broad SMARTS) is 1. The lowest BCUT2D eigenvalue weighted by Crippen LogP contribution is -2.24. The number of carbonyl (C=O) groups is 1. The minimum atomic E-state index is -3.85. The van der Waals surface area contributed by atoms with Crippen LogP contribution in [0, 0.1) is 20.8 Å². The number of hydrogen-bond acceptors (Lipinski definition) is 5. The number of hydrogen-bond donors (Lipinski definition) is 3. The molecule has 2 aromatic rings. The van der Waals surface area contributed by atoms with Gasteiger partial charge >= 0.3 is 5.97 Å². The molecule has 0 spiro atoms. The zero-order valence-corrected chi connectivity index (χ0v) is 12.5. The topological polar surface area (TPSA) is 125 Å². The molecule has 0 aliphatic carbocycles. The average molecular weight is 313 g/mol. The molecule has 0 aliphatic heterocycles. The first-order valence-electron chi connectivity index (χ1n) is 6.06. The van der Waals surface area contributed by atoms with Crippen LogP contribution < -0.4 is 4.72 Å². The first-order chi connectivity index (χ1) is 9.72. The fourth-order valence-electron chi connectivity index (χ4n) is 2.09. The van der Waals surface area contributed by atoms with Gasteiger partial charge in [0.2, 0.25) is 10.0 Å². The SMILES string of the molecule is Cc1cc(CNS(=O)(=O)c2c(C)[nH]c(C(=O)O)c2C)no1. The molecular weight excluding hydrogens is 298 g/mol. The molecule has 0 unspecified atom stereocenters. The summed E-state index contributed by atoms with van der Waals surface area (Å²) in [6.45, 7) is 4.62. The third-order valence-corrected chi connectivity index (χ3v) is 4.65. The Morgan fingerprint density at radius 2 is 2.10 bits per heavy atom. The predicted molar refractivity (Wildman–Crippen MR) is 72.5 cm³/mol. The van der Waals surface area contributed by atoms with Crippen LogP contribution in [-0.4, -0.2) is 29.6 Å². The van der Waals surface area contributed by atoms with E-state index in [2.05, 4.69) is 14.9 Å². The highest BCUT2D eigenvalue weighted by atomic mass is 32.2. The van der Waals surface area contributed by atoms with E-state index in [1.807, 2.05) is 0 Å². The number of carboxylic acids is 1. The van der Waals surface area contributed by atoms with Gasteiger partial charge in [-0.3, -0.25) is 0 Å². The third-order valence-electron chi connectivity index (χ3n) is 2.97. The molecule has 0 aromatic carbocycles. The number of rotatable bonds is 5. The molecule has 3 N–H and O–H groups in total. The molecule has 2 aromatic heterocycles. The Morgan fingerprint density at radius 1 is 1.43 bits per heavy atom. The fraction of sp³-hybridized carbons (Fsp3) is 0.333. The Bertz CT molecular complexity index is 788. The summed E-state index contributed by atoms with van der Waals surface area (Å²) in [4.78, 5) is 13.5. The summed E-state index contributed by atoms with van der Waals surface area (Å²) in [6, 6.07) is 1.61. The van der Waals surface area contributed by atoms with Crippen LogP contribution in [0.4, 0.5) is 0 Å². The van der Waals surface area contributed by atoms with Crippen molar-refractivity contribution >= 4 is 16.0 Å². The van der Waals surface area contributed by atoms with Crippen molar-refractivity contribution in [2.75, 3.05) is 0 Å². The summed E-state index contributed by atoms with van der Waals surface area (Å²) in [5.74, 6) is -0.629. The van der Waals surface area contributed by atoms with Crippen LogP contribution in [0.2, 0.25) is 0 Å². The average Bonchev–Trinajstić information content (AvgIpc) is 2.91. The minimum Gasteiger partial charge on any atom is -0.477 e. The Balaban J connectivity index is 2.29. The fourth-order valence-corrected chi connectivity index (χ4v) is 3.53. The summed E-state index contributed by atoms with van der Waals surface area (Å²) in [6.07, 6.45) is 0. The van der Waals surface area contributed by atoms with Crippen LogP contribution in [0.25, 0.3) is 0 Å². The van der Waals surface area contributed by atoms with Crippen LogP contribution in [0.15, 0.2) is 15.5 Å². The maximum Gasteiger partial charge on any atom is 0.352 e. The number of sulfonamides is 1. The van der Waals surface area contributed by atoms with E-state index in [4.69, 9.17) is 9.63 Å². The smallest absolute Gasteiger partial charge is 0.352 e. The van der Waals surface area contributed by atoms with Crippen LogP contribution in [0.3, 0.4) is 0 Å². The minimum absolute atomic E-state index is 0.0356. The predicted octanol–water partition coefficient (Wildman–Crippen LogP) is 1.10. The molecule has 21 heavy (non-hydrogen) atoms. The molecule has 0 amide bonds. The largest absolute Gasteiger partial charge is 0.477 e. The molecule has 2 heterocycles. The molecule has 114 valence electrons. The molecular formula is C12H15N3O5S. The van der Waals surface area contributed by atoms with Gasteiger partial charge in [-0.05, 0) is 20.8 Å². The monoisotopic (exact) mass is 313 g/mol. The van der Waals surface area contributed by atoms with E-state index in [9.17, 15) is 13.2 Å². The lowest BCUT2D eigenvalue weighted by atomic mass is 10.2. The molecule has 8 nitrogen and oxygen atoms in total. The van der Waals surface area contributed by atoms with Gasteiger partial charge in [0.1, 0.15) is 16.3 Å². The first kappa shape index (κ1) is 15.3. The summed E-state index contributed by atoms with van der Waals surface area (Å²) < 4.78 is 31.8. The van der Waals surface area contributed by atoms with Gasteiger partial charge < -0.3 is 14.6 Å². The maximum atomic E-state index is 12.3. The molecule has 0 saturated carbocycles. The van der Waals surface area contributed by atoms with E-state index < -0.39 is 16.0 Å². The number of H-pyrrole nitrogens is 1. The number of aromatic carboxylic acids is 1. The van der Waals surface area contributed by atoms with Crippen LogP contribution in [0.1, 0.15) is 33.2 Å². The Morgan fingerprint density at radius 3 is 2.57 bits per heavy atom. The van der Waals surface area contributed by atoms with E-state index in [-0.39, 0.29) is 28.4 Å². The molecule has 0 fully saturated rings. The highest BCUT2D eigenvalue weighted by molar-refractivity contribution is 7.89. The molecule has 2 rings (SSSR count). The number of aromatic nitrogens is 2.